The standard InChI is InChI=1S/C9H8ClI/c1-2-4-7-8(10)5-3-6-9(7)11/h2-3,5-6H,1,4H2. The molecule has 0 heterocycles. The lowest BCUT2D eigenvalue weighted by Crippen LogP contribution is -1.86. The van der Waals surface area contributed by atoms with E-state index >= 15 is 0 Å². The lowest BCUT2D eigenvalue weighted by Gasteiger charge is -2.02. The highest BCUT2D eigenvalue weighted by Gasteiger charge is 2.00. The summed E-state index contributed by atoms with van der Waals surface area (Å²) in [5, 5.41) is 0.830. The molecular formula is C9H8ClI. The zero-order valence-corrected chi connectivity index (χ0v) is 8.89. The first-order chi connectivity index (χ1) is 5.25. The molecule has 0 aromatic heterocycles. The van der Waals surface area contributed by atoms with Gasteiger partial charge in [0.05, 0.1) is 0 Å². The predicted molar refractivity (Wildman–Crippen MR) is 58.1 cm³/mol. The minimum atomic E-state index is 0.830. The van der Waals surface area contributed by atoms with Gasteiger partial charge in [-0.2, -0.15) is 0 Å². The van der Waals surface area contributed by atoms with Crippen LogP contribution in [0.25, 0.3) is 0 Å². The Balaban J connectivity index is 3.09. The van der Waals surface area contributed by atoms with Crippen LogP contribution in [0, 0.1) is 3.57 Å². The first-order valence-corrected chi connectivity index (χ1v) is 4.75. The second kappa shape index (κ2) is 4.12. The Kier molecular flexibility index (Phi) is 3.40. The Hall–Kier alpha value is -0.0200. The third-order valence-corrected chi connectivity index (χ3v) is 2.77. The van der Waals surface area contributed by atoms with Gasteiger partial charge in [-0.15, -0.1) is 6.58 Å². The fraction of sp³-hybridized carbons (Fsp3) is 0.111. The van der Waals surface area contributed by atoms with Gasteiger partial charge < -0.3 is 0 Å². The molecule has 0 aliphatic carbocycles. The lowest BCUT2D eigenvalue weighted by molar-refractivity contribution is 1.25. The highest BCUT2D eigenvalue weighted by molar-refractivity contribution is 14.1. The summed E-state index contributed by atoms with van der Waals surface area (Å²) in [6.45, 7) is 3.68. The highest BCUT2D eigenvalue weighted by Crippen LogP contribution is 2.21. The van der Waals surface area contributed by atoms with Crippen LogP contribution in [0.15, 0.2) is 30.9 Å². The van der Waals surface area contributed by atoms with E-state index in [1.165, 1.54) is 9.13 Å². The van der Waals surface area contributed by atoms with Crippen molar-refractivity contribution in [3.05, 3.63) is 45.0 Å². The first kappa shape index (κ1) is 9.07. The van der Waals surface area contributed by atoms with Crippen LogP contribution < -0.4 is 0 Å². The monoisotopic (exact) mass is 278 g/mol. The normalized spacial score (nSPS) is 9.64. The van der Waals surface area contributed by atoms with Crippen LogP contribution in [-0.2, 0) is 6.42 Å². The molecule has 0 nitrogen and oxygen atoms in total. The molecule has 1 aromatic carbocycles. The van der Waals surface area contributed by atoms with E-state index in [0.717, 1.165) is 11.4 Å². The van der Waals surface area contributed by atoms with Crippen LogP contribution >= 0.6 is 34.2 Å². The number of rotatable bonds is 2. The Morgan fingerprint density at radius 3 is 2.82 bits per heavy atom. The van der Waals surface area contributed by atoms with Crippen molar-refractivity contribution in [3.63, 3.8) is 0 Å². The molecule has 0 bridgehead atoms. The van der Waals surface area contributed by atoms with Gasteiger partial charge in [0.2, 0.25) is 0 Å². The molecule has 0 saturated carbocycles. The Morgan fingerprint density at radius 1 is 1.55 bits per heavy atom. The summed E-state index contributed by atoms with van der Waals surface area (Å²) in [6, 6.07) is 5.91. The van der Waals surface area contributed by atoms with Crippen molar-refractivity contribution in [3.8, 4) is 0 Å². The van der Waals surface area contributed by atoms with Crippen molar-refractivity contribution in [1.29, 1.82) is 0 Å². The van der Waals surface area contributed by atoms with E-state index in [0.29, 0.717) is 0 Å². The van der Waals surface area contributed by atoms with Gasteiger partial charge in [0.15, 0.2) is 0 Å². The van der Waals surface area contributed by atoms with Gasteiger partial charge >= 0.3 is 0 Å². The summed E-state index contributed by atoms with van der Waals surface area (Å²) in [6.07, 6.45) is 2.71. The van der Waals surface area contributed by atoms with Crippen molar-refractivity contribution in [2.24, 2.45) is 0 Å². The van der Waals surface area contributed by atoms with E-state index < -0.39 is 0 Å². The van der Waals surface area contributed by atoms with Gasteiger partial charge in [0, 0.05) is 8.59 Å². The van der Waals surface area contributed by atoms with Gasteiger partial charge in [-0.3, -0.25) is 0 Å². The fourth-order valence-corrected chi connectivity index (χ4v) is 2.00. The smallest absolute Gasteiger partial charge is 0.0451 e. The van der Waals surface area contributed by atoms with Crippen LogP contribution in [0.2, 0.25) is 5.02 Å². The molecule has 11 heavy (non-hydrogen) atoms. The van der Waals surface area contributed by atoms with E-state index in [1.807, 2.05) is 24.3 Å². The maximum absolute atomic E-state index is 5.96. The summed E-state index contributed by atoms with van der Waals surface area (Å²) in [7, 11) is 0. The molecule has 1 aromatic rings. The molecule has 0 fully saturated rings. The fourth-order valence-electron chi connectivity index (χ4n) is 0.872. The van der Waals surface area contributed by atoms with E-state index in [2.05, 4.69) is 29.2 Å². The topological polar surface area (TPSA) is 0 Å². The molecule has 0 unspecified atom stereocenters. The minimum Gasteiger partial charge on any atom is -0.103 e. The van der Waals surface area contributed by atoms with E-state index in [-0.39, 0.29) is 0 Å². The summed E-state index contributed by atoms with van der Waals surface area (Å²) in [4.78, 5) is 0. The van der Waals surface area contributed by atoms with E-state index in [1.54, 1.807) is 0 Å². The van der Waals surface area contributed by atoms with E-state index in [4.69, 9.17) is 11.6 Å². The molecular weight excluding hydrogens is 270 g/mol. The third kappa shape index (κ3) is 2.20. The molecule has 58 valence electrons. The Bertz CT molecular complexity index is 248. The van der Waals surface area contributed by atoms with Gasteiger partial charge in [0.1, 0.15) is 0 Å². The number of hydrogen-bond donors (Lipinski definition) is 0. The minimum absolute atomic E-state index is 0.830. The number of benzene rings is 1. The molecule has 0 aliphatic heterocycles. The Morgan fingerprint density at radius 2 is 2.27 bits per heavy atom. The van der Waals surface area contributed by atoms with Crippen LogP contribution in [0.3, 0.4) is 0 Å². The molecule has 0 spiro atoms. The Labute approximate surface area is 85.4 Å². The zero-order chi connectivity index (χ0) is 8.27. The lowest BCUT2D eigenvalue weighted by atomic mass is 10.1. The zero-order valence-electron chi connectivity index (χ0n) is 5.98. The SMILES string of the molecule is C=CCc1c(Cl)cccc1I. The average molecular weight is 279 g/mol. The van der Waals surface area contributed by atoms with Crippen molar-refractivity contribution in [1.82, 2.24) is 0 Å². The third-order valence-electron chi connectivity index (χ3n) is 1.41. The van der Waals surface area contributed by atoms with Gasteiger partial charge in [-0.05, 0) is 46.7 Å². The number of allylic oxidation sites excluding steroid dienone is 1. The van der Waals surface area contributed by atoms with Crippen LogP contribution in [0.4, 0.5) is 0 Å². The summed E-state index contributed by atoms with van der Waals surface area (Å²) >= 11 is 8.23. The van der Waals surface area contributed by atoms with Crippen molar-refractivity contribution in [2.45, 2.75) is 6.42 Å². The quantitative estimate of drug-likeness (QED) is 0.572. The molecule has 0 aliphatic rings. The molecule has 0 atom stereocenters. The molecule has 1 rings (SSSR count). The second-order valence-corrected chi connectivity index (χ2v) is 3.76. The van der Waals surface area contributed by atoms with Gasteiger partial charge in [-0.1, -0.05) is 23.7 Å². The molecule has 2 heteroatoms. The summed E-state index contributed by atoms with van der Waals surface area (Å²) in [5.41, 5.74) is 1.17. The van der Waals surface area contributed by atoms with Gasteiger partial charge in [-0.25, -0.2) is 0 Å². The van der Waals surface area contributed by atoms with Gasteiger partial charge in [0.25, 0.3) is 0 Å². The molecule has 0 amide bonds. The van der Waals surface area contributed by atoms with Crippen molar-refractivity contribution in [2.75, 3.05) is 0 Å². The molecule has 0 saturated heterocycles. The van der Waals surface area contributed by atoms with Crippen molar-refractivity contribution < 1.29 is 0 Å². The highest BCUT2D eigenvalue weighted by atomic mass is 127. The van der Waals surface area contributed by atoms with Crippen LogP contribution in [-0.4, -0.2) is 0 Å². The van der Waals surface area contributed by atoms with E-state index in [9.17, 15) is 0 Å². The second-order valence-electron chi connectivity index (χ2n) is 2.19. The molecule has 0 N–H and O–H groups in total. The predicted octanol–water partition coefficient (Wildman–Crippen LogP) is 3.67. The number of halogens is 2. The first-order valence-electron chi connectivity index (χ1n) is 3.29. The molecule has 0 radical (unpaired) electrons. The van der Waals surface area contributed by atoms with Crippen LogP contribution in [0.5, 0.6) is 0 Å². The number of hydrogen-bond acceptors (Lipinski definition) is 0. The van der Waals surface area contributed by atoms with Crippen molar-refractivity contribution >= 4 is 34.2 Å². The maximum atomic E-state index is 5.96. The summed E-state index contributed by atoms with van der Waals surface area (Å²) < 4.78 is 1.20. The largest absolute Gasteiger partial charge is 0.103 e. The average Bonchev–Trinajstić information content (AvgIpc) is 1.97. The maximum Gasteiger partial charge on any atom is 0.0451 e. The summed E-state index contributed by atoms with van der Waals surface area (Å²) in [5.74, 6) is 0. The van der Waals surface area contributed by atoms with Crippen LogP contribution in [0.1, 0.15) is 5.56 Å².